The minimum atomic E-state index is -0.126. The molecule has 0 saturated carbocycles. The van der Waals surface area contributed by atoms with Gasteiger partial charge in [0.05, 0.1) is 5.56 Å². The first-order valence-electron chi connectivity index (χ1n) is 7.74. The number of hydrogen-bond acceptors (Lipinski definition) is 3. The molecule has 0 unspecified atom stereocenters. The number of fused-ring (bicyclic) bond motifs is 2. The third kappa shape index (κ3) is 2.58. The van der Waals surface area contributed by atoms with Gasteiger partial charge in [0.1, 0.15) is 17.6 Å². The summed E-state index contributed by atoms with van der Waals surface area (Å²) in [5, 5.41) is 14.7. The quantitative estimate of drug-likeness (QED) is 0.759. The molecule has 0 bridgehead atoms. The SMILES string of the molecule is N#Cc1c(NC(=O)Cn2ccc3cc(Cl)ccc32)sc2c1CCC2. The molecule has 4 nitrogen and oxygen atoms in total. The Morgan fingerprint density at radius 3 is 3.08 bits per heavy atom. The molecule has 3 aromatic rings. The number of anilines is 1. The van der Waals surface area contributed by atoms with Gasteiger partial charge in [-0.1, -0.05) is 11.6 Å². The lowest BCUT2D eigenvalue weighted by atomic mass is 10.1. The highest BCUT2D eigenvalue weighted by molar-refractivity contribution is 7.16. The highest BCUT2D eigenvalue weighted by Gasteiger charge is 2.23. The maximum atomic E-state index is 12.4. The zero-order chi connectivity index (χ0) is 16.7. The monoisotopic (exact) mass is 355 g/mol. The first-order valence-corrected chi connectivity index (χ1v) is 8.94. The number of nitriles is 1. The van der Waals surface area contributed by atoms with Gasteiger partial charge in [-0.25, -0.2) is 0 Å². The van der Waals surface area contributed by atoms with Gasteiger partial charge in [-0.3, -0.25) is 4.79 Å². The van der Waals surface area contributed by atoms with Gasteiger partial charge in [0.2, 0.25) is 5.91 Å². The smallest absolute Gasteiger partial charge is 0.244 e. The lowest BCUT2D eigenvalue weighted by Crippen LogP contribution is -2.18. The number of carbonyl (C=O) groups excluding carboxylic acids is 1. The van der Waals surface area contributed by atoms with Gasteiger partial charge in [-0.05, 0) is 49.1 Å². The predicted molar refractivity (Wildman–Crippen MR) is 96.6 cm³/mol. The van der Waals surface area contributed by atoms with Crippen molar-refractivity contribution in [1.29, 1.82) is 5.26 Å². The molecular formula is C18H14ClN3OS. The number of benzene rings is 1. The van der Waals surface area contributed by atoms with E-state index in [-0.39, 0.29) is 12.5 Å². The summed E-state index contributed by atoms with van der Waals surface area (Å²) in [5.41, 5.74) is 2.73. The Hall–Kier alpha value is -2.29. The molecule has 0 fully saturated rings. The highest BCUT2D eigenvalue weighted by Crippen LogP contribution is 2.38. The lowest BCUT2D eigenvalue weighted by molar-refractivity contribution is -0.116. The van der Waals surface area contributed by atoms with E-state index in [4.69, 9.17) is 11.6 Å². The van der Waals surface area contributed by atoms with Crippen molar-refractivity contribution in [1.82, 2.24) is 4.57 Å². The van der Waals surface area contributed by atoms with Crippen molar-refractivity contribution in [2.24, 2.45) is 0 Å². The number of aromatic nitrogens is 1. The number of nitrogens with zero attached hydrogens (tertiary/aromatic N) is 2. The molecule has 0 atom stereocenters. The van der Waals surface area contributed by atoms with E-state index in [0.717, 1.165) is 35.7 Å². The first-order chi connectivity index (χ1) is 11.7. The van der Waals surface area contributed by atoms with Crippen LogP contribution in [0.5, 0.6) is 0 Å². The van der Waals surface area contributed by atoms with Crippen molar-refractivity contribution < 1.29 is 4.79 Å². The number of rotatable bonds is 3. The van der Waals surface area contributed by atoms with Crippen molar-refractivity contribution in [3.63, 3.8) is 0 Å². The Morgan fingerprint density at radius 1 is 1.38 bits per heavy atom. The molecule has 0 saturated heterocycles. The summed E-state index contributed by atoms with van der Waals surface area (Å²) < 4.78 is 1.88. The lowest BCUT2D eigenvalue weighted by Gasteiger charge is -2.07. The maximum Gasteiger partial charge on any atom is 0.244 e. The first kappa shape index (κ1) is 15.3. The zero-order valence-corrected chi connectivity index (χ0v) is 14.4. The van der Waals surface area contributed by atoms with Crippen molar-refractivity contribution in [2.75, 3.05) is 5.32 Å². The van der Waals surface area contributed by atoms with E-state index in [9.17, 15) is 10.1 Å². The van der Waals surface area contributed by atoms with E-state index in [2.05, 4.69) is 11.4 Å². The Balaban J connectivity index is 1.56. The second-order valence-electron chi connectivity index (χ2n) is 5.87. The molecule has 2 aromatic heterocycles. The van der Waals surface area contributed by atoms with Crippen LogP contribution in [0.3, 0.4) is 0 Å². The molecule has 24 heavy (non-hydrogen) atoms. The van der Waals surface area contributed by atoms with Crippen LogP contribution in [0.1, 0.15) is 22.4 Å². The summed E-state index contributed by atoms with van der Waals surface area (Å²) in [4.78, 5) is 13.7. The molecule has 2 heterocycles. The van der Waals surface area contributed by atoms with Gasteiger partial charge in [0.15, 0.2) is 0 Å². The summed E-state index contributed by atoms with van der Waals surface area (Å²) in [6, 6.07) is 9.79. The second-order valence-corrected chi connectivity index (χ2v) is 7.41. The van der Waals surface area contributed by atoms with Crippen LogP contribution in [0.2, 0.25) is 5.02 Å². The summed E-state index contributed by atoms with van der Waals surface area (Å²) >= 11 is 7.53. The van der Waals surface area contributed by atoms with E-state index in [0.29, 0.717) is 15.6 Å². The van der Waals surface area contributed by atoms with Crippen LogP contribution in [0.25, 0.3) is 10.9 Å². The minimum absolute atomic E-state index is 0.126. The van der Waals surface area contributed by atoms with Crippen LogP contribution in [-0.2, 0) is 24.2 Å². The van der Waals surface area contributed by atoms with Crippen molar-refractivity contribution >= 4 is 44.7 Å². The van der Waals surface area contributed by atoms with Gasteiger partial charge < -0.3 is 9.88 Å². The van der Waals surface area contributed by atoms with Crippen molar-refractivity contribution in [2.45, 2.75) is 25.8 Å². The van der Waals surface area contributed by atoms with E-state index in [1.807, 2.05) is 35.0 Å². The Labute approximate surface area is 148 Å². The summed E-state index contributed by atoms with van der Waals surface area (Å²) in [6.45, 7) is 0.207. The van der Waals surface area contributed by atoms with E-state index in [1.165, 1.54) is 16.2 Å². The topological polar surface area (TPSA) is 57.8 Å². The van der Waals surface area contributed by atoms with Crippen LogP contribution in [0.4, 0.5) is 5.00 Å². The molecule has 1 aromatic carbocycles. The van der Waals surface area contributed by atoms with Crippen LogP contribution in [-0.4, -0.2) is 10.5 Å². The number of carbonyl (C=O) groups is 1. The number of thiophene rings is 1. The Kier molecular flexibility index (Phi) is 3.79. The molecular weight excluding hydrogens is 342 g/mol. The molecule has 6 heteroatoms. The predicted octanol–water partition coefficient (Wildman–Crippen LogP) is 4.36. The summed E-state index contributed by atoms with van der Waals surface area (Å²) in [6.07, 6.45) is 4.92. The van der Waals surface area contributed by atoms with Crippen molar-refractivity contribution in [3.8, 4) is 6.07 Å². The zero-order valence-electron chi connectivity index (χ0n) is 12.8. The van der Waals surface area contributed by atoms with Gasteiger partial charge in [-0.15, -0.1) is 11.3 Å². The third-order valence-corrected chi connectivity index (χ3v) is 5.78. The van der Waals surface area contributed by atoms with Gasteiger partial charge in [0, 0.05) is 27.0 Å². The highest BCUT2D eigenvalue weighted by atomic mass is 35.5. The molecule has 0 spiro atoms. The average Bonchev–Trinajstić information content (AvgIpc) is 3.22. The summed E-state index contributed by atoms with van der Waals surface area (Å²) in [7, 11) is 0. The second kappa shape index (κ2) is 5.97. The molecule has 120 valence electrons. The molecule has 1 N–H and O–H groups in total. The molecule has 1 aliphatic carbocycles. The number of halogens is 1. The standard InChI is InChI=1S/C18H14ClN3OS/c19-12-4-5-15-11(8-12)6-7-22(15)10-17(23)21-18-14(9-20)13-2-1-3-16(13)24-18/h4-8H,1-3,10H2,(H,21,23). The van der Waals surface area contributed by atoms with E-state index in [1.54, 1.807) is 0 Å². The van der Waals surface area contributed by atoms with E-state index >= 15 is 0 Å². The largest absolute Gasteiger partial charge is 0.338 e. The molecule has 1 aliphatic rings. The number of aryl methyl sites for hydroxylation is 1. The average molecular weight is 356 g/mol. The number of amides is 1. The van der Waals surface area contributed by atoms with Crippen LogP contribution >= 0.6 is 22.9 Å². The van der Waals surface area contributed by atoms with Gasteiger partial charge in [-0.2, -0.15) is 5.26 Å². The van der Waals surface area contributed by atoms with Crippen LogP contribution in [0.15, 0.2) is 30.5 Å². The third-order valence-electron chi connectivity index (χ3n) is 4.33. The van der Waals surface area contributed by atoms with E-state index < -0.39 is 0 Å². The molecule has 1 amide bonds. The van der Waals surface area contributed by atoms with Gasteiger partial charge >= 0.3 is 0 Å². The Bertz CT molecular complexity index is 996. The fraction of sp³-hybridized carbons (Fsp3) is 0.222. The number of hydrogen-bond donors (Lipinski definition) is 1. The van der Waals surface area contributed by atoms with Gasteiger partial charge in [0.25, 0.3) is 0 Å². The fourth-order valence-corrected chi connectivity index (χ4v) is 4.68. The van der Waals surface area contributed by atoms with Crippen molar-refractivity contribution in [3.05, 3.63) is 51.5 Å². The fourth-order valence-electron chi connectivity index (χ4n) is 3.24. The number of nitrogens with one attached hydrogen (secondary N) is 1. The molecule has 4 rings (SSSR count). The molecule has 0 radical (unpaired) electrons. The maximum absolute atomic E-state index is 12.4. The van der Waals surface area contributed by atoms with Crippen LogP contribution < -0.4 is 5.32 Å². The Morgan fingerprint density at radius 2 is 2.25 bits per heavy atom. The normalized spacial score (nSPS) is 13.0. The molecule has 0 aliphatic heterocycles. The van der Waals surface area contributed by atoms with Crippen LogP contribution in [0, 0.1) is 11.3 Å². The summed E-state index contributed by atoms with van der Waals surface area (Å²) in [5.74, 6) is -0.126. The minimum Gasteiger partial charge on any atom is -0.338 e.